The molecule has 1 aromatic heterocycles. The number of para-hydroxylation sites is 1. The first-order valence-corrected chi connectivity index (χ1v) is 8.08. The molecule has 0 spiro atoms. The fourth-order valence-corrected chi connectivity index (χ4v) is 2.68. The molecule has 3 aromatic rings. The van der Waals surface area contributed by atoms with Gasteiger partial charge in [-0.25, -0.2) is 9.48 Å². The molecule has 0 aliphatic heterocycles. The van der Waals surface area contributed by atoms with Crippen LogP contribution in [0.3, 0.4) is 0 Å². The average molecular weight is 387 g/mol. The molecule has 0 atom stereocenters. The maximum atomic E-state index is 12.5. The van der Waals surface area contributed by atoms with Gasteiger partial charge in [-0.3, -0.25) is 0 Å². The van der Waals surface area contributed by atoms with Crippen molar-refractivity contribution in [2.45, 2.75) is 6.61 Å². The zero-order chi connectivity index (χ0) is 16.9. The summed E-state index contributed by atoms with van der Waals surface area (Å²) < 4.78 is 13.0. The van der Waals surface area contributed by atoms with E-state index >= 15 is 0 Å². The monoisotopic (exact) mass is 386 g/mol. The largest absolute Gasteiger partial charge is 0.404 e. The highest BCUT2D eigenvalue weighted by molar-refractivity contribution is 9.10. The van der Waals surface area contributed by atoms with E-state index in [4.69, 9.17) is 9.47 Å². The fourth-order valence-electron chi connectivity index (χ4n) is 2.23. The zero-order valence-corrected chi connectivity index (χ0v) is 14.6. The van der Waals surface area contributed by atoms with Crippen LogP contribution < -0.4 is 4.74 Å². The molecule has 24 heavy (non-hydrogen) atoms. The van der Waals surface area contributed by atoms with Crippen LogP contribution in [0.5, 0.6) is 5.88 Å². The van der Waals surface area contributed by atoms with Crippen molar-refractivity contribution in [2.24, 2.45) is 0 Å². The van der Waals surface area contributed by atoms with Crippen LogP contribution in [0.2, 0.25) is 0 Å². The van der Waals surface area contributed by atoms with Crippen molar-refractivity contribution in [3.8, 4) is 11.6 Å². The molecule has 1 heterocycles. The number of halogens is 1. The summed E-state index contributed by atoms with van der Waals surface area (Å²) in [5.41, 5.74) is 1.93. The maximum Gasteiger partial charge on any atom is 0.346 e. The molecule has 0 unspecified atom stereocenters. The summed E-state index contributed by atoms with van der Waals surface area (Å²) in [6.07, 6.45) is 0. The Morgan fingerprint density at radius 1 is 1.12 bits per heavy atom. The molecule has 0 bridgehead atoms. The average Bonchev–Trinajstić information content (AvgIpc) is 2.99. The molecule has 0 aliphatic carbocycles. The zero-order valence-electron chi connectivity index (χ0n) is 13.0. The second-order valence-electron chi connectivity index (χ2n) is 5.02. The lowest BCUT2D eigenvalue weighted by atomic mass is 10.2. The standard InChI is InChI=1S/C18H15BrN2O3/c1-23-12-13-11-17(21(20-13)14-7-3-2-4-8-14)24-18(22)15-9-5-6-10-16(15)19/h2-11H,12H2,1H3. The number of hydrogen-bond donors (Lipinski definition) is 0. The van der Waals surface area contributed by atoms with Gasteiger partial charge in [-0.2, -0.15) is 5.10 Å². The Morgan fingerprint density at radius 2 is 1.83 bits per heavy atom. The van der Waals surface area contributed by atoms with E-state index in [2.05, 4.69) is 21.0 Å². The van der Waals surface area contributed by atoms with Gasteiger partial charge in [0.2, 0.25) is 5.88 Å². The quantitative estimate of drug-likeness (QED) is 0.621. The van der Waals surface area contributed by atoms with E-state index in [1.165, 1.54) is 0 Å². The van der Waals surface area contributed by atoms with Crippen molar-refractivity contribution in [1.29, 1.82) is 0 Å². The Hall–Kier alpha value is -2.44. The normalized spacial score (nSPS) is 10.6. The Bertz CT molecular complexity index is 846. The van der Waals surface area contributed by atoms with Crippen LogP contribution in [-0.2, 0) is 11.3 Å². The molecular formula is C18H15BrN2O3. The van der Waals surface area contributed by atoms with Gasteiger partial charge in [-0.05, 0) is 40.2 Å². The van der Waals surface area contributed by atoms with Crippen LogP contribution >= 0.6 is 15.9 Å². The first kappa shape index (κ1) is 16.4. The minimum Gasteiger partial charge on any atom is -0.404 e. The molecule has 0 radical (unpaired) electrons. The summed E-state index contributed by atoms with van der Waals surface area (Å²) in [5, 5.41) is 4.44. The number of carbonyl (C=O) groups is 1. The molecular weight excluding hydrogens is 372 g/mol. The summed E-state index contributed by atoms with van der Waals surface area (Å²) in [4.78, 5) is 12.5. The SMILES string of the molecule is COCc1cc(OC(=O)c2ccccc2Br)n(-c2ccccc2)n1. The summed E-state index contributed by atoms with van der Waals surface area (Å²) in [7, 11) is 1.59. The van der Waals surface area contributed by atoms with E-state index in [0.29, 0.717) is 28.2 Å². The fraction of sp³-hybridized carbons (Fsp3) is 0.111. The minimum absolute atomic E-state index is 0.333. The second kappa shape index (κ2) is 7.42. The van der Waals surface area contributed by atoms with Crippen LogP contribution in [-0.4, -0.2) is 22.9 Å². The lowest BCUT2D eigenvalue weighted by molar-refractivity contribution is 0.0722. The van der Waals surface area contributed by atoms with Crippen LogP contribution in [0.4, 0.5) is 0 Å². The summed E-state index contributed by atoms with van der Waals surface area (Å²) in [6, 6.07) is 18.3. The Labute approximate surface area is 148 Å². The van der Waals surface area contributed by atoms with Crippen LogP contribution in [0.1, 0.15) is 16.1 Å². The summed E-state index contributed by atoms with van der Waals surface area (Å²) >= 11 is 3.36. The van der Waals surface area contributed by atoms with Crippen LogP contribution in [0, 0.1) is 0 Å². The van der Waals surface area contributed by atoms with Gasteiger partial charge in [-0.15, -0.1) is 0 Å². The van der Waals surface area contributed by atoms with Gasteiger partial charge >= 0.3 is 5.97 Å². The third-order valence-electron chi connectivity index (χ3n) is 3.31. The Kier molecular flexibility index (Phi) is 5.08. The van der Waals surface area contributed by atoms with E-state index in [0.717, 1.165) is 5.69 Å². The smallest absolute Gasteiger partial charge is 0.346 e. The Balaban J connectivity index is 1.95. The van der Waals surface area contributed by atoms with Crippen molar-refractivity contribution in [1.82, 2.24) is 9.78 Å². The molecule has 0 fully saturated rings. The molecule has 3 rings (SSSR count). The van der Waals surface area contributed by atoms with Gasteiger partial charge in [0.15, 0.2) is 0 Å². The van der Waals surface area contributed by atoms with Crippen molar-refractivity contribution < 1.29 is 14.3 Å². The van der Waals surface area contributed by atoms with E-state index < -0.39 is 5.97 Å². The number of esters is 1. The molecule has 0 aliphatic rings. The number of carbonyl (C=O) groups excluding carboxylic acids is 1. The van der Waals surface area contributed by atoms with Gasteiger partial charge in [0.05, 0.1) is 23.6 Å². The molecule has 122 valence electrons. The number of benzene rings is 2. The van der Waals surface area contributed by atoms with E-state index in [1.54, 1.807) is 36.1 Å². The van der Waals surface area contributed by atoms with Crippen molar-refractivity contribution in [3.63, 3.8) is 0 Å². The number of ether oxygens (including phenoxy) is 2. The predicted molar refractivity (Wildman–Crippen MR) is 93.4 cm³/mol. The van der Waals surface area contributed by atoms with E-state index in [1.807, 2.05) is 36.4 Å². The molecule has 0 saturated heterocycles. The number of aromatic nitrogens is 2. The number of hydrogen-bond acceptors (Lipinski definition) is 4. The van der Waals surface area contributed by atoms with Crippen molar-refractivity contribution in [3.05, 3.63) is 76.4 Å². The molecule has 0 saturated carbocycles. The van der Waals surface area contributed by atoms with Crippen molar-refractivity contribution in [2.75, 3.05) is 7.11 Å². The molecule has 6 heteroatoms. The topological polar surface area (TPSA) is 53.4 Å². The maximum absolute atomic E-state index is 12.5. The van der Waals surface area contributed by atoms with Gasteiger partial charge in [0.1, 0.15) is 0 Å². The first-order chi connectivity index (χ1) is 11.7. The van der Waals surface area contributed by atoms with Gasteiger partial charge < -0.3 is 9.47 Å². The highest BCUT2D eigenvalue weighted by atomic mass is 79.9. The van der Waals surface area contributed by atoms with Crippen LogP contribution in [0.15, 0.2) is 65.1 Å². The number of methoxy groups -OCH3 is 1. The van der Waals surface area contributed by atoms with E-state index in [9.17, 15) is 4.79 Å². The molecule has 2 aromatic carbocycles. The molecule has 5 nitrogen and oxygen atoms in total. The Morgan fingerprint density at radius 3 is 2.54 bits per heavy atom. The number of rotatable bonds is 5. The lowest BCUT2D eigenvalue weighted by Gasteiger charge is -2.08. The summed E-state index contributed by atoms with van der Waals surface area (Å²) in [5.74, 6) is -0.113. The number of nitrogens with zero attached hydrogens (tertiary/aromatic N) is 2. The summed E-state index contributed by atoms with van der Waals surface area (Å²) in [6.45, 7) is 0.333. The highest BCUT2D eigenvalue weighted by Crippen LogP contribution is 2.23. The highest BCUT2D eigenvalue weighted by Gasteiger charge is 2.17. The van der Waals surface area contributed by atoms with Gasteiger partial charge in [0, 0.05) is 17.6 Å². The minimum atomic E-state index is -0.455. The second-order valence-corrected chi connectivity index (χ2v) is 5.88. The van der Waals surface area contributed by atoms with E-state index in [-0.39, 0.29) is 0 Å². The lowest BCUT2D eigenvalue weighted by Crippen LogP contribution is -2.12. The van der Waals surface area contributed by atoms with Crippen molar-refractivity contribution >= 4 is 21.9 Å². The third-order valence-corrected chi connectivity index (χ3v) is 4.00. The third kappa shape index (κ3) is 3.55. The predicted octanol–water partition coefficient (Wildman–Crippen LogP) is 4.00. The molecule has 0 N–H and O–H groups in total. The van der Waals surface area contributed by atoms with Crippen LogP contribution in [0.25, 0.3) is 5.69 Å². The van der Waals surface area contributed by atoms with Gasteiger partial charge in [0.25, 0.3) is 0 Å². The van der Waals surface area contributed by atoms with Gasteiger partial charge in [-0.1, -0.05) is 30.3 Å². The molecule has 0 amide bonds. The first-order valence-electron chi connectivity index (χ1n) is 7.29.